The highest BCUT2D eigenvalue weighted by Crippen LogP contribution is 2.10. The summed E-state index contributed by atoms with van der Waals surface area (Å²) < 4.78 is 4.95. The number of hydrogen-bond acceptors (Lipinski definition) is 5. The second-order valence-electron chi connectivity index (χ2n) is 6.84. The Labute approximate surface area is 137 Å². The maximum atomic E-state index is 11.5. The van der Waals surface area contributed by atoms with E-state index in [1.807, 2.05) is 0 Å². The predicted octanol–water partition coefficient (Wildman–Crippen LogP) is 1.88. The van der Waals surface area contributed by atoms with Crippen molar-refractivity contribution >= 4 is 12.1 Å². The molecule has 9 heteroatoms. The van der Waals surface area contributed by atoms with Gasteiger partial charge in [-0.15, -0.1) is 4.99 Å². The number of nitrogens with two attached hydrogens (primary N) is 2. The number of guanidine groups is 1. The highest BCUT2D eigenvalue weighted by atomic mass is 16.7. The summed E-state index contributed by atoms with van der Waals surface area (Å²) in [6, 6.07) is -0.0207. The summed E-state index contributed by atoms with van der Waals surface area (Å²) in [6.45, 7) is 9.15. The third kappa shape index (κ3) is 10.5. The van der Waals surface area contributed by atoms with Crippen LogP contribution >= 0.6 is 0 Å². The van der Waals surface area contributed by atoms with Gasteiger partial charge in [0.05, 0.1) is 6.54 Å². The Morgan fingerprint density at radius 2 is 1.96 bits per heavy atom. The van der Waals surface area contributed by atoms with E-state index in [-0.39, 0.29) is 12.6 Å². The molecule has 0 fully saturated rings. The Morgan fingerprint density at radius 3 is 2.39 bits per heavy atom. The Hall–Kier alpha value is -1.90. The van der Waals surface area contributed by atoms with Crippen LogP contribution in [0.15, 0.2) is 4.99 Å². The number of nitrogens with zero attached hydrogens (tertiary/aromatic N) is 3. The number of ether oxygens (including phenoxy) is 1. The van der Waals surface area contributed by atoms with Crippen molar-refractivity contribution in [2.45, 2.75) is 65.5 Å². The highest BCUT2D eigenvalue weighted by molar-refractivity contribution is 5.88. The van der Waals surface area contributed by atoms with Gasteiger partial charge in [-0.3, -0.25) is 0 Å². The van der Waals surface area contributed by atoms with E-state index >= 15 is 0 Å². The third-order valence-corrected chi connectivity index (χ3v) is 2.78. The van der Waals surface area contributed by atoms with Crippen LogP contribution in [0.5, 0.6) is 0 Å². The van der Waals surface area contributed by atoms with Gasteiger partial charge in [0, 0.05) is 6.04 Å². The highest BCUT2D eigenvalue weighted by Gasteiger charge is 2.23. The van der Waals surface area contributed by atoms with E-state index in [0.717, 1.165) is 6.42 Å². The molecule has 23 heavy (non-hydrogen) atoms. The molecule has 0 radical (unpaired) electrons. The minimum absolute atomic E-state index is 0.0207. The number of aliphatic imine (C=N–C) groups is 1. The first-order valence-corrected chi connectivity index (χ1v) is 7.67. The molecule has 0 saturated heterocycles. The Balaban J connectivity index is 4.61. The molecule has 1 amide bonds. The number of rotatable bonds is 7. The molecule has 1 atom stereocenters. The normalized spacial score (nSPS) is 13.8. The van der Waals surface area contributed by atoms with Crippen molar-refractivity contribution in [3.8, 4) is 0 Å². The molecular weight excluding hydrogens is 302 g/mol. The van der Waals surface area contributed by atoms with Crippen molar-refractivity contribution in [1.29, 1.82) is 0 Å². The Kier molecular flexibility index (Phi) is 8.52. The summed E-state index contributed by atoms with van der Waals surface area (Å²) in [5.41, 5.74) is 10.7. The van der Waals surface area contributed by atoms with Gasteiger partial charge in [0.2, 0.25) is 0 Å². The molecular formula is C14H29N5O4. The van der Waals surface area contributed by atoms with Gasteiger partial charge in [-0.1, -0.05) is 18.9 Å². The SMILES string of the molecule is CC(C)CC(N)CCCN(C(N)=NC(=O)OC(C)(C)C)[N+](=O)[O-]. The topological polar surface area (TPSA) is 137 Å². The lowest BCUT2D eigenvalue weighted by atomic mass is 10.0. The average Bonchev–Trinajstić information content (AvgIpc) is 2.30. The Bertz CT molecular complexity index is 431. The Morgan fingerprint density at radius 1 is 1.39 bits per heavy atom. The van der Waals surface area contributed by atoms with Crippen LogP contribution < -0.4 is 11.5 Å². The summed E-state index contributed by atoms with van der Waals surface area (Å²) in [6.07, 6.45) is 0.986. The standard InChI is InChI=1S/C14H29N5O4/c1-10(2)9-11(15)7-6-8-18(19(21)22)12(16)17-13(20)23-14(3,4)5/h10-11H,6-9,15H2,1-5H3,(H2,16,17,20). The van der Waals surface area contributed by atoms with Gasteiger partial charge in [0.1, 0.15) is 5.60 Å². The number of nitro groups is 1. The maximum Gasteiger partial charge on any atom is 0.437 e. The second kappa shape index (κ2) is 9.29. The molecule has 0 aliphatic carbocycles. The number of carbonyl (C=O) groups excluding carboxylic acids is 1. The van der Waals surface area contributed by atoms with Gasteiger partial charge < -0.3 is 16.2 Å². The second-order valence-corrected chi connectivity index (χ2v) is 6.84. The fraction of sp³-hybridized carbons (Fsp3) is 0.857. The minimum atomic E-state index is -0.960. The molecule has 0 aliphatic heterocycles. The fourth-order valence-corrected chi connectivity index (χ4v) is 1.94. The van der Waals surface area contributed by atoms with Crippen molar-refractivity contribution in [3.63, 3.8) is 0 Å². The van der Waals surface area contributed by atoms with Crippen molar-refractivity contribution in [2.24, 2.45) is 22.4 Å². The number of amides is 1. The average molecular weight is 331 g/mol. The molecule has 0 spiro atoms. The van der Waals surface area contributed by atoms with Crippen LogP contribution in [0.3, 0.4) is 0 Å². The van der Waals surface area contributed by atoms with Crippen LogP contribution in [0.4, 0.5) is 4.79 Å². The van der Waals surface area contributed by atoms with Crippen molar-refractivity contribution in [3.05, 3.63) is 10.1 Å². The zero-order chi connectivity index (χ0) is 18.2. The minimum Gasteiger partial charge on any atom is -0.442 e. The molecule has 0 aromatic heterocycles. The van der Waals surface area contributed by atoms with Gasteiger partial charge in [-0.05, 0) is 46.0 Å². The van der Waals surface area contributed by atoms with Crippen LogP contribution in [0, 0.1) is 16.0 Å². The van der Waals surface area contributed by atoms with E-state index in [1.54, 1.807) is 20.8 Å². The molecule has 0 aliphatic rings. The third-order valence-electron chi connectivity index (χ3n) is 2.78. The molecule has 0 rings (SSSR count). The fourth-order valence-electron chi connectivity index (χ4n) is 1.94. The van der Waals surface area contributed by atoms with Crippen molar-refractivity contribution in [1.82, 2.24) is 5.01 Å². The maximum absolute atomic E-state index is 11.5. The lowest BCUT2D eigenvalue weighted by Crippen LogP contribution is -2.43. The van der Waals surface area contributed by atoms with Gasteiger partial charge in [0.25, 0.3) is 5.96 Å². The molecule has 0 heterocycles. The molecule has 9 nitrogen and oxygen atoms in total. The molecule has 0 saturated carbocycles. The number of carbonyl (C=O) groups is 1. The first-order valence-electron chi connectivity index (χ1n) is 7.67. The lowest BCUT2D eigenvalue weighted by Gasteiger charge is -2.18. The summed E-state index contributed by atoms with van der Waals surface area (Å²) in [5, 5.41) is 11.0. The van der Waals surface area contributed by atoms with Crippen LogP contribution in [-0.2, 0) is 4.74 Å². The van der Waals surface area contributed by atoms with Gasteiger partial charge in [0.15, 0.2) is 5.03 Å². The molecule has 0 bridgehead atoms. The number of hydrazine groups is 1. The lowest BCUT2D eigenvalue weighted by molar-refractivity contribution is -0.629. The van der Waals surface area contributed by atoms with E-state index in [1.165, 1.54) is 0 Å². The van der Waals surface area contributed by atoms with Gasteiger partial charge in [-0.2, -0.15) is 0 Å². The largest absolute Gasteiger partial charge is 0.442 e. The van der Waals surface area contributed by atoms with Crippen LogP contribution in [0.25, 0.3) is 0 Å². The van der Waals surface area contributed by atoms with E-state index in [4.69, 9.17) is 16.2 Å². The van der Waals surface area contributed by atoms with Crippen molar-refractivity contribution < 1.29 is 14.6 Å². The van der Waals surface area contributed by atoms with E-state index in [0.29, 0.717) is 23.8 Å². The van der Waals surface area contributed by atoms with Crippen molar-refractivity contribution in [2.75, 3.05) is 6.54 Å². The molecule has 4 N–H and O–H groups in total. The summed E-state index contributed by atoms with van der Waals surface area (Å²) in [5.74, 6) is -0.0305. The van der Waals surface area contributed by atoms with Crippen LogP contribution in [0.2, 0.25) is 0 Å². The predicted molar refractivity (Wildman–Crippen MR) is 88.2 cm³/mol. The van der Waals surface area contributed by atoms with E-state index < -0.39 is 22.7 Å². The number of hydrogen-bond donors (Lipinski definition) is 2. The summed E-state index contributed by atoms with van der Waals surface area (Å²) in [4.78, 5) is 26.0. The van der Waals surface area contributed by atoms with Crippen LogP contribution in [0.1, 0.15) is 53.9 Å². The van der Waals surface area contributed by atoms with Gasteiger partial charge >= 0.3 is 6.09 Å². The zero-order valence-corrected chi connectivity index (χ0v) is 14.6. The smallest absolute Gasteiger partial charge is 0.437 e. The summed E-state index contributed by atoms with van der Waals surface area (Å²) >= 11 is 0. The first-order chi connectivity index (χ1) is 10.4. The summed E-state index contributed by atoms with van der Waals surface area (Å²) in [7, 11) is 0. The molecule has 0 aromatic carbocycles. The quantitative estimate of drug-likeness (QED) is 0.314. The monoisotopic (exact) mass is 331 g/mol. The van der Waals surface area contributed by atoms with E-state index in [9.17, 15) is 14.9 Å². The first kappa shape index (κ1) is 21.1. The van der Waals surface area contributed by atoms with Gasteiger partial charge in [-0.25, -0.2) is 14.9 Å². The van der Waals surface area contributed by atoms with Crippen LogP contribution in [-0.4, -0.2) is 40.3 Å². The zero-order valence-electron chi connectivity index (χ0n) is 14.6. The molecule has 1 unspecified atom stereocenters. The molecule has 134 valence electrons. The molecule has 0 aromatic rings. The van der Waals surface area contributed by atoms with E-state index in [2.05, 4.69) is 18.8 Å².